The minimum Gasteiger partial charge on any atom is -0.392 e. The molecule has 0 spiro atoms. The first-order valence-electron chi connectivity index (χ1n) is 7.09. The summed E-state index contributed by atoms with van der Waals surface area (Å²) in [4.78, 5) is 4.55. The summed E-state index contributed by atoms with van der Waals surface area (Å²) in [5.74, 6) is 1.99. The summed E-state index contributed by atoms with van der Waals surface area (Å²) in [6.07, 6.45) is 6.10. The summed E-state index contributed by atoms with van der Waals surface area (Å²) >= 11 is 0. The van der Waals surface area contributed by atoms with Gasteiger partial charge >= 0.3 is 0 Å². The Bertz CT molecular complexity index is 427. The largest absolute Gasteiger partial charge is 0.392 e. The van der Waals surface area contributed by atoms with Gasteiger partial charge in [0.2, 0.25) is 5.89 Å². The van der Waals surface area contributed by atoms with Crippen LogP contribution in [0.5, 0.6) is 0 Å². The number of aromatic nitrogens is 2. The van der Waals surface area contributed by atoms with Crippen LogP contribution in [0.4, 0.5) is 0 Å². The average Bonchev–Trinajstić information content (AvgIpc) is 2.81. The summed E-state index contributed by atoms with van der Waals surface area (Å²) in [7, 11) is 0. The first kappa shape index (κ1) is 12.2. The van der Waals surface area contributed by atoms with Crippen LogP contribution in [-0.2, 0) is 0 Å². The molecule has 2 fully saturated rings. The number of aliphatic hydroxyl groups is 1. The average molecular weight is 250 g/mol. The molecule has 1 N–H and O–H groups in total. The van der Waals surface area contributed by atoms with Gasteiger partial charge in [-0.15, -0.1) is 0 Å². The zero-order valence-corrected chi connectivity index (χ0v) is 11.2. The molecule has 1 aromatic rings. The quantitative estimate of drug-likeness (QED) is 0.820. The Kier molecular flexibility index (Phi) is 2.93. The van der Waals surface area contributed by atoms with Crippen molar-refractivity contribution in [1.82, 2.24) is 10.1 Å². The lowest BCUT2D eigenvalue weighted by molar-refractivity contribution is 0.119. The molecule has 4 nitrogen and oxygen atoms in total. The van der Waals surface area contributed by atoms with Gasteiger partial charge in [0.25, 0.3) is 0 Å². The number of rotatable bonds is 2. The smallest absolute Gasteiger partial charge is 0.232 e. The van der Waals surface area contributed by atoms with Gasteiger partial charge in [-0.25, -0.2) is 0 Å². The van der Waals surface area contributed by atoms with Crippen LogP contribution < -0.4 is 0 Å². The minimum absolute atomic E-state index is 0.0515. The normalized spacial score (nSPS) is 35.2. The van der Waals surface area contributed by atoms with E-state index in [-0.39, 0.29) is 12.0 Å². The van der Waals surface area contributed by atoms with Crippen molar-refractivity contribution in [2.45, 2.75) is 70.3 Å². The van der Waals surface area contributed by atoms with E-state index in [0.717, 1.165) is 37.9 Å². The van der Waals surface area contributed by atoms with Gasteiger partial charge in [0, 0.05) is 5.92 Å². The highest BCUT2D eigenvalue weighted by Gasteiger charge is 2.49. The van der Waals surface area contributed by atoms with E-state index >= 15 is 0 Å². The van der Waals surface area contributed by atoms with E-state index in [1.165, 1.54) is 6.42 Å². The van der Waals surface area contributed by atoms with E-state index < -0.39 is 0 Å². The Morgan fingerprint density at radius 1 is 1.22 bits per heavy atom. The predicted octanol–water partition coefficient (Wildman–Crippen LogP) is 2.99. The summed E-state index contributed by atoms with van der Waals surface area (Å²) < 4.78 is 5.40. The number of hydrogen-bond acceptors (Lipinski definition) is 4. The Hall–Kier alpha value is -0.900. The van der Waals surface area contributed by atoms with Crippen LogP contribution >= 0.6 is 0 Å². The molecule has 2 aliphatic carbocycles. The van der Waals surface area contributed by atoms with Crippen molar-refractivity contribution in [3.8, 4) is 0 Å². The second kappa shape index (κ2) is 4.34. The SMILES string of the molecule is CC1(C)CC1c1noc(C2CCCCCC2O)n1. The first-order chi connectivity index (χ1) is 8.58. The molecule has 0 aliphatic heterocycles. The molecule has 4 heteroatoms. The van der Waals surface area contributed by atoms with E-state index in [4.69, 9.17) is 4.52 Å². The third-order valence-corrected chi connectivity index (χ3v) is 4.58. The maximum absolute atomic E-state index is 10.1. The van der Waals surface area contributed by atoms with Gasteiger partial charge in [0.05, 0.1) is 12.0 Å². The van der Waals surface area contributed by atoms with Gasteiger partial charge < -0.3 is 9.63 Å². The Balaban J connectivity index is 1.76. The van der Waals surface area contributed by atoms with E-state index in [0.29, 0.717) is 17.2 Å². The van der Waals surface area contributed by atoms with Gasteiger partial charge in [0.15, 0.2) is 5.82 Å². The van der Waals surface area contributed by atoms with Crippen LogP contribution in [0, 0.1) is 5.41 Å². The maximum Gasteiger partial charge on any atom is 0.232 e. The van der Waals surface area contributed by atoms with Crippen LogP contribution in [0.25, 0.3) is 0 Å². The molecule has 0 amide bonds. The van der Waals surface area contributed by atoms with E-state index in [2.05, 4.69) is 24.0 Å². The van der Waals surface area contributed by atoms with Gasteiger partial charge in [-0.05, 0) is 24.7 Å². The highest BCUT2D eigenvalue weighted by Crippen LogP contribution is 2.57. The Morgan fingerprint density at radius 3 is 2.67 bits per heavy atom. The zero-order chi connectivity index (χ0) is 12.8. The van der Waals surface area contributed by atoms with Crippen molar-refractivity contribution in [2.24, 2.45) is 5.41 Å². The van der Waals surface area contributed by atoms with Crippen LogP contribution in [0.2, 0.25) is 0 Å². The van der Waals surface area contributed by atoms with Crippen molar-refractivity contribution in [3.63, 3.8) is 0 Å². The predicted molar refractivity (Wildman–Crippen MR) is 67.3 cm³/mol. The summed E-state index contributed by atoms with van der Waals surface area (Å²) in [6.45, 7) is 4.46. The second-order valence-electron chi connectivity index (χ2n) is 6.55. The molecule has 18 heavy (non-hydrogen) atoms. The molecule has 0 bridgehead atoms. The molecule has 3 atom stereocenters. The lowest BCUT2D eigenvalue weighted by atomic mass is 9.97. The molecular weight excluding hydrogens is 228 g/mol. The van der Waals surface area contributed by atoms with E-state index in [1.807, 2.05) is 0 Å². The van der Waals surface area contributed by atoms with Crippen LogP contribution in [0.1, 0.15) is 75.9 Å². The summed E-state index contributed by atoms with van der Waals surface area (Å²) in [5, 5.41) is 14.3. The fourth-order valence-electron chi connectivity index (χ4n) is 3.02. The number of aliphatic hydroxyl groups excluding tert-OH is 1. The minimum atomic E-state index is -0.312. The standard InChI is InChI=1S/C14H22N2O2/c1-14(2)8-10(14)12-15-13(18-16-12)9-6-4-3-5-7-11(9)17/h9-11,17H,3-8H2,1-2H3. The van der Waals surface area contributed by atoms with Crippen molar-refractivity contribution in [2.75, 3.05) is 0 Å². The molecular formula is C14H22N2O2. The van der Waals surface area contributed by atoms with Crippen LogP contribution in [-0.4, -0.2) is 21.4 Å². The summed E-state index contributed by atoms with van der Waals surface area (Å²) in [5.41, 5.74) is 0.323. The Morgan fingerprint density at radius 2 is 1.94 bits per heavy atom. The molecule has 100 valence electrons. The topological polar surface area (TPSA) is 59.2 Å². The van der Waals surface area contributed by atoms with E-state index in [9.17, 15) is 5.11 Å². The number of hydrogen-bond donors (Lipinski definition) is 1. The molecule has 2 aliphatic rings. The van der Waals surface area contributed by atoms with Crippen LogP contribution in [0.15, 0.2) is 4.52 Å². The third kappa shape index (κ3) is 2.18. The Labute approximate surface area is 108 Å². The van der Waals surface area contributed by atoms with Gasteiger partial charge in [0.1, 0.15) is 0 Å². The van der Waals surface area contributed by atoms with Gasteiger partial charge in [-0.2, -0.15) is 4.98 Å². The molecule has 0 aromatic carbocycles. The number of nitrogens with zero attached hydrogens (tertiary/aromatic N) is 2. The van der Waals surface area contributed by atoms with E-state index in [1.54, 1.807) is 0 Å². The molecule has 1 heterocycles. The second-order valence-corrected chi connectivity index (χ2v) is 6.55. The lowest BCUT2D eigenvalue weighted by Crippen LogP contribution is -2.17. The monoisotopic (exact) mass is 250 g/mol. The molecule has 0 saturated heterocycles. The zero-order valence-electron chi connectivity index (χ0n) is 11.2. The van der Waals surface area contributed by atoms with Crippen molar-refractivity contribution >= 4 is 0 Å². The molecule has 1 aromatic heterocycles. The molecule has 3 unspecified atom stereocenters. The molecule has 2 saturated carbocycles. The van der Waals surface area contributed by atoms with Crippen LogP contribution in [0.3, 0.4) is 0 Å². The highest BCUT2D eigenvalue weighted by atomic mass is 16.5. The molecule has 3 rings (SSSR count). The first-order valence-corrected chi connectivity index (χ1v) is 7.09. The highest BCUT2D eigenvalue weighted by molar-refractivity contribution is 5.15. The van der Waals surface area contributed by atoms with Crippen molar-refractivity contribution < 1.29 is 9.63 Å². The molecule has 0 radical (unpaired) electrons. The van der Waals surface area contributed by atoms with Crippen molar-refractivity contribution in [3.05, 3.63) is 11.7 Å². The van der Waals surface area contributed by atoms with Crippen molar-refractivity contribution in [1.29, 1.82) is 0 Å². The third-order valence-electron chi connectivity index (χ3n) is 4.58. The summed E-state index contributed by atoms with van der Waals surface area (Å²) in [6, 6.07) is 0. The lowest BCUT2D eigenvalue weighted by Gasteiger charge is -2.15. The maximum atomic E-state index is 10.1. The fourth-order valence-corrected chi connectivity index (χ4v) is 3.02. The van der Waals surface area contributed by atoms with Gasteiger partial charge in [-0.1, -0.05) is 38.3 Å². The fraction of sp³-hybridized carbons (Fsp3) is 0.857. The van der Waals surface area contributed by atoms with Gasteiger partial charge in [-0.3, -0.25) is 0 Å².